The standard InChI is InChI=1S/C19H17NO3S/c1-11-7-8-17(21)13(9-11)15-5-4-6-16(20-15)14-10-24-18(12(14)2)19(22)23-3/h4-10,21H,1-3H3. The second-order valence-electron chi connectivity index (χ2n) is 5.52. The Morgan fingerprint density at radius 2 is 1.83 bits per heavy atom. The number of hydrogen-bond acceptors (Lipinski definition) is 5. The Morgan fingerprint density at radius 3 is 2.54 bits per heavy atom. The number of esters is 1. The summed E-state index contributed by atoms with van der Waals surface area (Å²) in [5.74, 6) is -0.140. The second-order valence-corrected chi connectivity index (χ2v) is 6.40. The van der Waals surface area contributed by atoms with Crippen LogP contribution in [-0.2, 0) is 4.74 Å². The SMILES string of the molecule is COC(=O)c1scc(-c2cccc(-c3cc(C)ccc3O)n2)c1C. The molecular weight excluding hydrogens is 322 g/mol. The number of ether oxygens (including phenoxy) is 1. The van der Waals surface area contributed by atoms with E-state index in [0.29, 0.717) is 16.1 Å². The smallest absolute Gasteiger partial charge is 0.348 e. The van der Waals surface area contributed by atoms with Crippen LogP contribution in [0.4, 0.5) is 0 Å². The van der Waals surface area contributed by atoms with Crippen molar-refractivity contribution in [2.45, 2.75) is 13.8 Å². The van der Waals surface area contributed by atoms with Crippen LogP contribution in [0.1, 0.15) is 20.8 Å². The molecule has 0 aliphatic heterocycles. The van der Waals surface area contributed by atoms with Crippen LogP contribution in [0.25, 0.3) is 22.5 Å². The van der Waals surface area contributed by atoms with Gasteiger partial charge in [0.15, 0.2) is 0 Å². The maximum atomic E-state index is 11.8. The van der Waals surface area contributed by atoms with E-state index < -0.39 is 0 Å². The van der Waals surface area contributed by atoms with Gasteiger partial charge in [-0.2, -0.15) is 0 Å². The number of methoxy groups -OCH3 is 1. The summed E-state index contributed by atoms with van der Waals surface area (Å²) in [6, 6.07) is 11.1. The molecule has 0 fully saturated rings. The van der Waals surface area contributed by atoms with Crippen LogP contribution in [0.3, 0.4) is 0 Å². The molecule has 4 nitrogen and oxygen atoms in total. The van der Waals surface area contributed by atoms with E-state index in [4.69, 9.17) is 4.74 Å². The van der Waals surface area contributed by atoms with Gasteiger partial charge < -0.3 is 9.84 Å². The molecule has 2 aromatic heterocycles. The minimum absolute atomic E-state index is 0.197. The summed E-state index contributed by atoms with van der Waals surface area (Å²) in [7, 11) is 1.38. The first-order valence-electron chi connectivity index (χ1n) is 7.45. The van der Waals surface area contributed by atoms with E-state index in [1.54, 1.807) is 6.07 Å². The molecule has 0 amide bonds. The molecule has 2 heterocycles. The maximum Gasteiger partial charge on any atom is 0.348 e. The van der Waals surface area contributed by atoms with Crippen molar-refractivity contribution in [3.05, 3.63) is 57.8 Å². The van der Waals surface area contributed by atoms with Crippen LogP contribution < -0.4 is 0 Å². The van der Waals surface area contributed by atoms with Gasteiger partial charge in [-0.15, -0.1) is 11.3 Å². The van der Waals surface area contributed by atoms with Gasteiger partial charge in [0, 0.05) is 16.5 Å². The molecule has 0 aliphatic rings. The highest BCUT2D eigenvalue weighted by atomic mass is 32.1. The Balaban J connectivity index is 2.07. The zero-order valence-corrected chi connectivity index (χ0v) is 14.5. The van der Waals surface area contributed by atoms with Crippen molar-refractivity contribution in [3.8, 4) is 28.3 Å². The van der Waals surface area contributed by atoms with Crippen LogP contribution >= 0.6 is 11.3 Å². The van der Waals surface area contributed by atoms with Crippen LogP contribution in [-0.4, -0.2) is 23.2 Å². The van der Waals surface area contributed by atoms with E-state index in [0.717, 1.165) is 22.4 Å². The highest BCUT2D eigenvalue weighted by molar-refractivity contribution is 7.12. The minimum atomic E-state index is -0.337. The van der Waals surface area contributed by atoms with Crippen LogP contribution in [0.15, 0.2) is 41.8 Å². The number of phenols is 1. The molecule has 0 saturated carbocycles. The van der Waals surface area contributed by atoms with Gasteiger partial charge in [-0.05, 0) is 43.7 Å². The molecule has 0 aliphatic carbocycles. The predicted molar refractivity (Wildman–Crippen MR) is 95.5 cm³/mol. The van der Waals surface area contributed by atoms with Gasteiger partial charge in [-0.3, -0.25) is 0 Å². The first kappa shape index (κ1) is 16.2. The van der Waals surface area contributed by atoms with Gasteiger partial charge in [-0.1, -0.05) is 17.7 Å². The lowest BCUT2D eigenvalue weighted by Gasteiger charge is -2.08. The van der Waals surface area contributed by atoms with Crippen LogP contribution in [0.5, 0.6) is 5.75 Å². The number of benzene rings is 1. The number of aromatic nitrogens is 1. The molecule has 0 atom stereocenters. The van der Waals surface area contributed by atoms with Crippen molar-refractivity contribution in [3.63, 3.8) is 0 Å². The zero-order valence-electron chi connectivity index (χ0n) is 13.7. The van der Waals surface area contributed by atoms with Gasteiger partial charge in [0.2, 0.25) is 0 Å². The number of phenolic OH excluding ortho intramolecular Hbond substituents is 1. The van der Waals surface area contributed by atoms with E-state index in [1.165, 1.54) is 18.4 Å². The summed E-state index contributed by atoms with van der Waals surface area (Å²) in [6.07, 6.45) is 0. The average Bonchev–Trinajstić information content (AvgIpc) is 2.98. The largest absolute Gasteiger partial charge is 0.507 e. The average molecular weight is 339 g/mol. The van der Waals surface area contributed by atoms with E-state index in [9.17, 15) is 9.90 Å². The highest BCUT2D eigenvalue weighted by Crippen LogP contribution is 2.33. The number of nitrogens with zero attached hydrogens (tertiary/aromatic N) is 1. The van der Waals surface area contributed by atoms with Gasteiger partial charge in [0.1, 0.15) is 10.6 Å². The summed E-state index contributed by atoms with van der Waals surface area (Å²) in [4.78, 5) is 17.0. The third kappa shape index (κ3) is 2.90. The Kier molecular flexibility index (Phi) is 4.36. The van der Waals surface area contributed by atoms with Gasteiger partial charge in [-0.25, -0.2) is 9.78 Å². The van der Waals surface area contributed by atoms with Crippen molar-refractivity contribution in [1.82, 2.24) is 4.98 Å². The van der Waals surface area contributed by atoms with E-state index >= 15 is 0 Å². The molecule has 3 rings (SSSR count). The molecule has 3 aromatic rings. The summed E-state index contributed by atoms with van der Waals surface area (Å²) in [5, 5.41) is 12.0. The normalized spacial score (nSPS) is 10.6. The Bertz CT molecular complexity index is 915. The first-order valence-corrected chi connectivity index (χ1v) is 8.33. The summed E-state index contributed by atoms with van der Waals surface area (Å²) in [6.45, 7) is 3.86. The van der Waals surface area contributed by atoms with E-state index in [1.807, 2.05) is 49.6 Å². The summed E-state index contributed by atoms with van der Waals surface area (Å²) < 4.78 is 4.81. The molecule has 0 spiro atoms. The van der Waals surface area contributed by atoms with Crippen LogP contribution in [0, 0.1) is 13.8 Å². The van der Waals surface area contributed by atoms with Crippen molar-refractivity contribution < 1.29 is 14.6 Å². The van der Waals surface area contributed by atoms with Crippen molar-refractivity contribution in [2.24, 2.45) is 0 Å². The highest BCUT2D eigenvalue weighted by Gasteiger charge is 2.17. The number of aryl methyl sites for hydroxylation is 1. The van der Waals surface area contributed by atoms with E-state index in [-0.39, 0.29) is 11.7 Å². The second kappa shape index (κ2) is 6.45. The summed E-state index contributed by atoms with van der Waals surface area (Å²) >= 11 is 1.35. The number of carbonyl (C=O) groups excluding carboxylic acids is 1. The van der Waals surface area contributed by atoms with Crippen molar-refractivity contribution in [1.29, 1.82) is 0 Å². The number of hydrogen-bond donors (Lipinski definition) is 1. The molecular formula is C19H17NO3S. The Hall–Kier alpha value is -2.66. The molecule has 1 aromatic carbocycles. The molecule has 5 heteroatoms. The zero-order chi connectivity index (χ0) is 17.3. The fourth-order valence-electron chi connectivity index (χ4n) is 2.55. The summed E-state index contributed by atoms with van der Waals surface area (Å²) in [5.41, 5.74) is 4.95. The number of thiophene rings is 1. The molecule has 1 N–H and O–H groups in total. The monoisotopic (exact) mass is 339 g/mol. The lowest BCUT2D eigenvalue weighted by molar-refractivity contribution is 0.0605. The predicted octanol–water partition coefficient (Wildman–Crippen LogP) is 4.59. The van der Waals surface area contributed by atoms with Gasteiger partial charge in [0.25, 0.3) is 0 Å². The van der Waals surface area contributed by atoms with Crippen molar-refractivity contribution in [2.75, 3.05) is 7.11 Å². The Labute approximate surface area is 144 Å². The number of pyridine rings is 1. The maximum absolute atomic E-state index is 11.8. The fourth-order valence-corrected chi connectivity index (χ4v) is 3.55. The van der Waals surface area contributed by atoms with Gasteiger partial charge in [0.05, 0.1) is 18.5 Å². The first-order chi connectivity index (χ1) is 11.5. The minimum Gasteiger partial charge on any atom is -0.507 e. The third-order valence-corrected chi connectivity index (χ3v) is 4.93. The lowest BCUT2D eigenvalue weighted by Crippen LogP contribution is -2.00. The number of carbonyl (C=O) groups is 1. The molecule has 0 bridgehead atoms. The quantitative estimate of drug-likeness (QED) is 0.709. The lowest BCUT2D eigenvalue weighted by atomic mass is 10.0. The number of aromatic hydroxyl groups is 1. The van der Waals surface area contributed by atoms with Crippen LogP contribution in [0.2, 0.25) is 0 Å². The number of rotatable bonds is 3. The molecule has 0 radical (unpaired) electrons. The van der Waals surface area contributed by atoms with E-state index in [2.05, 4.69) is 4.98 Å². The Morgan fingerprint density at radius 1 is 1.12 bits per heavy atom. The topological polar surface area (TPSA) is 59.4 Å². The molecule has 122 valence electrons. The molecule has 24 heavy (non-hydrogen) atoms. The fraction of sp³-hybridized carbons (Fsp3) is 0.158. The van der Waals surface area contributed by atoms with Gasteiger partial charge >= 0.3 is 5.97 Å². The molecule has 0 saturated heterocycles. The molecule has 0 unspecified atom stereocenters. The third-order valence-electron chi connectivity index (χ3n) is 3.86. The van der Waals surface area contributed by atoms with Crippen molar-refractivity contribution >= 4 is 17.3 Å².